The van der Waals surface area contributed by atoms with Gasteiger partial charge in [0.05, 0.1) is 0 Å². The van der Waals surface area contributed by atoms with Crippen LogP contribution < -0.4 is 0 Å². The molecule has 10 heavy (non-hydrogen) atoms. The molecule has 0 aliphatic carbocycles. The summed E-state index contributed by atoms with van der Waals surface area (Å²) in [5, 5.41) is 0. The number of unbranched alkanes of at least 4 members (excludes halogenated alkanes) is 2. The Hall–Kier alpha value is 0.217. The van der Waals surface area contributed by atoms with Gasteiger partial charge in [0.2, 0.25) is 0 Å². The van der Waals surface area contributed by atoms with Crippen molar-refractivity contribution in [2.24, 2.45) is 0 Å². The van der Waals surface area contributed by atoms with Crippen LogP contribution >= 0.6 is 0 Å². The van der Waals surface area contributed by atoms with Crippen LogP contribution in [0.4, 0.5) is 0 Å². The fraction of sp³-hybridized carbons (Fsp3) is 1.00. The number of hydrogen-bond acceptors (Lipinski definition) is 0. The number of hydrogen-bond donors (Lipinski definition) is 0. The normalized spacial score (nSPS) is 10.8. The van der Waals surface area contributed by atoms with E-state index in [4.69, 9.17) is 0 Å². The van der Waals surface area contributed by atoms with E-state index in [2.05, 4.69) is 24.1 Å². The summed E-state index contributed by atoms with van der Waals surface area (Å²) < 4.78 is 0. The first-order valence-electron chi connectivity index (χ1n) is 4.52. The van der Waals surface area contributed by atoms with E-state index in [0.29, 0.717) is 0 Å². The van der Waals surface area contributed by atoms with Gasteiger partial charge in [-0.3, -0.25) is 0 Å². The van der Waals surface area contributed by atoms with Gasteiger partial charge < -0.3 is 10.2 Å². The first-order chi connectivity index (χ1) is 4.81. The molecule has 0 aromatic rings. The molecular weight excluding hydrogens is 136 g/mol. The maximum Gasteiger partial charge on any atom is -0.0563 e. The van der Waals surface area contributed by atoms with Gasteiger partial charge >= 0.3 is 0 Å². The Morgan fingerprint density at radius 1 is 1.00 bits per heavy atom. The van der Waals surface area contributed by atoms with Crippen LogP contribution in [0, 0.1) is 0 Å². The van der Waals surface area contributed by atoms with Gasteiger partial charge in [-0.15, -0.1) is 0 Å². The van der Waals surface area contributed by atoms with E-state index in [1.165, 1.54) is 38.5 Å². The van der Waals surface area contributed by atoms with Crippen LogP contribution in [0.2, 0.25) is 5.54 Å². The average molecular weight is 155 g/mol. The van der Waals surface area contributed by atoms with Gasteiger partial charge in [0.15, 0.2) is 0 Å². The maximum absolute atomic E-state index is 3.73. The molecule has 60 valence electrons. The maximum atomic E-state index is 3.73. The van der Waals surface area contributed by atoms with Crippen molar-refractivity contribution in [3.63, 3.8) is 0 Å². The summed E-state index contributed by atoms with van der Waals surface area (Å²) in [5.41, 5.74) is 0.778. The molecular formula is C9H19Si-. The highest BCUT2D eigenvalue weighted by molar-refractivity contribution is 6.11. The molecule has 0 saturated heterocycles. The van der Waals surface area contributed by atoms with Crippen molar-refractivity contribution in [1.82, 2.24) is 0 Å². The molecule has 0 N–H and O–H groups in total. The largest absolute Gasteiger partial charge is 0.668 e. The van der Waals surface area contributed by atoms with E-state index in [1.807, 2.05) is 0 Å². The van der Waals surface area contributed by atoms with Crippen molar-refractivity contribution in [3.05, 3.63) is 0 Å². The van der Waals surface area contributed by atoms with Crippen LogP contribution in [-0.2, 0) is 0 Å². The fourth-order valence-electron chi connectivity index (χ4n) is 1.05. The van der Waals surface area contributed by atoms with Gasteiger partial charge in [0.25, 0.3) is 0 Å². The molecule has 0 saturated carbocycles. The van der Waals surface area contributed by atoms with Gasteiger partial charge in [-0.2, -0.15) is 0 Å². The van der Waals surface area contributed by atoms with Crippen molar-refractivity contribution in [2.45, 2.75) is 57.9 Å². The highest BCUT2D eigenvalue weighted by atomic mass is 28.1. The van der Waals surface area contributed by atoms with Crippen LogP contribution in [0.3, 0.4) is 0 Å². The van der Waals surface area contributed by atoms with Crippen molar-refractivity contribution in [1.29, 1.82) is 0 Å². The van der Waals surface area contributed by atoms with Crippen molar-refractivity contribution < 1.29 is 0 Å². The second-order valence-corrected chi connectivity index (χ2v) is 3.80. The summed E-state index contributed by atoms with van der Waals surface area (Å²) in [7, 11) is 3.73. The van der Waals surface area contributed by atoms with E-state index in [0.717, 1.165) is 5.54 Å². The summed E-state index contributed by atoms with van der Waals surface area (Å²) >= 11 is 0. The Labute approximate surface area is 68.8 Å². The van der Waals surface area contributed by atoms with Gasteiger partial charge in [0.1, 0.15) is 0 Å². The Bertz CT molecular complexity index is 53.7. The monoisotopic (exact) mass is 155 g/mol. The third-order valence-electron chi connectivity index (χ3n) is 1.81. The van der Waals surface area contributed by atoms with E-state index >= 15 is 0 Å². The van der Waals surface area contributed by atoms with Gasteiger partial charge in [-0.1, -0.05) is 52.4 Å². The third-order valence-corrected chi connectivity index (χ3v) is 2.39. The SMILES string of the molecule is CCCCC([Si-])CCCC. The van der Waals surface area contributed by atoms with Crippen LogP contribution in [0.1, 0.15) is 52.4 Å². The standard InChI is InChI=1S/C9H19Si/c1-3-5-7-9(10)8-6-4-2/h9H,3-8H2,1-2H3/q-1. The summed E-state index contributed by atoms with van der Waals surface area (Å²) in [5.74, 6) is 0. The van der Waals surface area contributed by atoms with Gasteiger partial charge in [-0.25, -0.2) is 5.54 Å². The summed E-state index contributed by atoms with van der Waals surface area (Å²) in [6.07, 6.45) is 8.11. The summed E-state index contributed by atoms with van der Waals surface area (Å²) in [6, 6.07) is 0. The van der Waals surface area contributed by atoms with E-state index in [-0.39, 0.29) is 0 Å². The zero-order valence-electron chi connectivity index (χ0n) is 7.32. The van der Waals surface area contributed by atoms with Crippen LogP contribution in [-0.4, -0.2) is 10.2 Å². The zero-order chi connectivity index (χ0) is 7.82. The third kappa shape index (κ3) is 6.34. The Kier molecular flexibility index (Phi) is 7.48. The van der Waals surface area contributed by atoms with E-state index < -0.39 is 0 Å². The highest BCUT2D eigenvalue weighted by Gasteiger charge is 1.89. The molecule has 1 heteroatoms. The Morgan fingerprint density at radius 2 is 1.40 bits per heavy atom. The molecule has 0 aromatic carbocycles. The second kappa shape index (κ2) is 7.33. The quantitative estimate of drug-likeness (QED) is 0.516. The summed E-state index contributed by atoms with van der Waals surface area (Å²) in [6.45, 7) is 4.50. The minimum absolute atomic E-state index is 0.778. The fourth-order valence-corrected chi connectivity index (χ4v) is 1.45. The first kappa shape index (κ1) is 10.2. The zero-order valence-corrected chi connectivity index (χ0v) is 8.32. The number of rotatable bonds is 6. The molecule has 0 aromatic heterocycles. The molecule has 2 radical (unpaired) electrons. The lowest BCUT2D eigenvalue weighted by Crippen LogP contribution is -1.91. The molecule has 0 fully saturated rings. The Balaban J connectivity index is 3.00. The van der Waals surface area contributed by atoms with Crippen LogP contribution in [0.25, 0.3) is 0 Å². The van der Waals surface area contributed by atoms with Gasteiger partial charge in [0, 0.05) is 0 Å². The molecule has 0 aliphatic rings. The van der Waals surface area contributed by atoms with Crippen molar-refractivity contribution >= 4 is 10.2 Å². The molecule has 0 amide bonds. The molecule has 0 aliphatic heterocycles. The molecule has 0 bridgehead atoms. The smallest absolute Gasteiger partial charge is 0.0563 e. The molecule has 0 rings (SSSR count). The van der Waals surface area contributed by atoms with Crippen LogP contribution in [0.15, 0.2) is 0 Å². The predicted molar refractivity (Wildman–Crippen MR) is 48.6 cm³/mol. The minimum Gasteiger partial charge on any atom is -0.668 e. The molecule has 0 nitrogen and oxygen atoms in total. The second-order valence-electron chi connectivity index (χ2n) is 2.98. The summed E-state index contributed by atoms with van der Waals surface area (Å²) in [4.78, 5) is 0. The first-order valence-corrected chi connectivity index (χ1v) is 5.10. The van der Waals surface area contributed by atoms with Crippen molar-refractivity contribution in [3.8, 4) is 0 Å². The average Bonchev–Trinajstić information content (AvgIpc) is 1.97. The Morgan fingerprint density at radius 3 is 1.70 bits per heavy atom. The topological polar surface area (TPSA) is 0 Å². The van der Waals surface area contributed by atoms with Crippen molar-refractivity contribution in [2.75, 3.05) is 0 Å². The molecule has 0 heterocycles. The predicted octanol–water partition coefficient (Wildman–Crippen LogP) is 3.32. The minimum atomic E-state index is 0.778. The van der Waals surface area contributed by atoms with E-state index in [1.54, 1.807) is 0 Å². The lowest BCUT2D eigenvalue weighted by Gasteiger charge is -2.22. The van der Waals surface area contributed by atoms with E-state index in [9.17, 15) is 0 Å². The molecule has 0 atom stereocenters. The lowest BCUT2D eigenvalue weighted by atomic mass is 10.1. The van der Waals surface area contributed by atoms with Crippen LogP contribution in [0.5, 0.6) is 0 Å². The van der Waals surface area contributed by atoms with Gasteiger partial charge in [-0.05, 0) is 0 Å². The lowest BCUT2D eigenvalue weighted by molar-refractivity contribution is 0.601. The highest BCUT2D eigenvalue weighted by Crippen LogP contribution is 2.17. The molecule has 0 unspecified atom stereocenters. The molecule has 0 spiro atoms.